The van der Waals surface area contributed by atoms with Crippen LogP contribution in [0.3, 0.4) is 0 Å². The second kappa shape index (κ2) is 7.27. The highest BCUT2D eigenvalue weighted by atomic mass is 79.9. The van der Waals surface area contributed by atoms with Gasteiger partial charge in [0.2, 0.25) is 11.6 Å². The van der Waals surface area contributed by atoms with E-state index in [2.05, 4.69) is 36.2 Å². The number of hydrogen-bond donors (Lipinski definition) is 0. The minimum absolute atomic E-state index is 0.00512. The van der Waals surface area contributed by atoms with Gasteiger partial charge in [0.15, 0.2) is 6.61 Å². The van der Waals surface area contributed by atoms with E-state index in [0.717, 1.165) is 10.0 Å². The van der Waals surface area contributed by atoms with E-state index in [4.69, 9.17) is 25.4 Å². The monoisotopic (exact) mass is 432 g/mol. The highest BCUT2D eigenvalue weighted by Crippen LogP contribution is 2.26. The molecule has 0 atom stereocenters. The number of halogens is 2. The van der Waals surface area contributed by atoms with Crippen molar-refractivity contribution >= 4 is 27.5 Å². The fourth-order valence-electron chi connectivity index (χ4n) is 2.20. The lowest BCUT2D eigenvalue weighted by atomic mass is 10.2. The van der Waals surface area contributed by atoms with Crippen LogP contribution in [0.5, 0.6) is 6.08 Å². The number of benzene rings is 2. The van der Waals surface area contributed by atoms with Crippen molar-refractivity contribution < 1.29 is 13.8 Å². The van der Waals surface area contributed by atoms with Gasteiger partial charge in [-0.1, -0.05) is 62.1 Å². The summed E-state index contributed by atoms with van der Waals surface area (Å²) >= 11 is 9.52. The molecular formula is C17H10BrClN4O3. The molecule has 2 heterocycles. The topological polar surface area (TPSA) is 87.1 Å². The van der Waals surface area contributed by atoms with E-state index < -0.39 is 0 Å². The van der Waals surface area contributed by atoms with Gasteiger partial charge in [-0.2, -0.15) is 9.97 Å². The first-order chi connectivity index (χ1) is 12.7. The molecule has 26 heavy (non-hydrogen) atoms. The first-order valence-electron chi connectivity index (χ1n) is 7.49. The van der Waals surface area contributed by atoms with E-state index in [9.17, 15) is 0 Å². The largest absolute Gasteiger partial charge is 0.439 e. The normalized spacial score (nSPS) is 10.8. The fraction of sp³-hybridized carbons (Fsp3) is 0.0588. The van der Waals surface area contributed by atoms with E-state index in [0.29, 0.717) is 22.2 Å². The first kappa shape index (κ1) is 16.7. The van der Waals surface area contributed by atoms with Crippen LogP contribution in [-0.2, 0) is 6.61 Å². The Bertz CT molecular complexity index is 1050. The van der Waals surface area contributed by atoms with E-state index in [1.165, 1.54) is 0 Å². The number of hydrogen-bond acceptors (Lipinski definition) is 7. The molecule has 0 aliphatic rings. The lowest BCUT2D eigenvalue weighted by Crippen LogP contribution is -1.96. The van der Waals surface area contributed by atoms with Gasteiger partial charge in [-0.15, -0.1) is 0 Å². The van der Waals surface area contributed by atoms with Crippen molar-refractivity contribution in [1.82, 2.24) is 20.3 Å². The summed E-state index contributed by atoms with van der Waals surface area (Å²) in [6, 6.07) is 14.8. The molecule has 2 aromatic heterocycles. The summed E-state index contributed by atoms with van der Waals surface area (Å²) in [5, 5.41) is 8.31. The van der Waals surface area contributed by atoms with Gasteiger partial charge >= 0.3 is 6.08 Å². The molecule has 0 amide bonds. The molecule has 2 aromatic carbocycles. The second-order valence-corrected chi connectivity index (χ2v) is 6.50. The van der Waals surface area contributed by atoms with Crippen LogP contribution in [0.2, 0.25) is 5.02 Å². The van der Waals surface area contributed by atoms with Gasteiger partial charge in [0.1, 0.15) is 0 Å². The number of ether oxygens (including phenoxy) is 1. The van der Waals surface area contributed by atoms with Crippen molar-refractivity contribution in [3.05, 3.63) is 63.9 Å². The van der Waals surface area contributed by atoms with Crippen molar-refractivity contribution in [1.29, 1.82) is 0 Å². The standard InChI is InChI=1S/C17H10BrClN4O3/c18-11-5-3-4-10(8-11)15-20-14(25-22-15)9-24-17-21-16(23-26-17)12-6-1-2-7-13(12)19/h1-8H,9H2. The highest BCUT2D eigenvalue weighted by Gasteiger charge is 2.14. The van der Waals surface area contributed by atoms with Crippen molar-refractivity contribution in [2.45, 2.75) is 6.61 Å². The van der Waals surface area contributed by atoms with Crippen molar-refractivity contribution in [3.8, 4) is 28.9 Å². The molecule has 0 aliphatic heterocycles. The van der Waals surface area contributed by atoms with E-state index >= 15 is 0 Å². The minimum Gasteiger partial charge on any atom is -0.439 e. The van der Waals surface area contributed by atoms with Crippen LogP contribution in [0.15, 0.2) is 62.0 Å². The number of aromatic nitrogens is 4. The quantitative estimate of drug-likeness (QED) is 0.447. The molecule has 7 nitrogen and oxygen atoms in total. The molecule has 4 rings (SSSR count). The molecule has 9 heteroatoms. The highest BCUT2D eigenvalue weighted by molar-refractivity contribution is 9.10. The summed E-state index contributed by atoms with van der Waals surface area (Å²) < 4.78 is 16.6. The van der Waals surface area contributed by atoms with Crippen molar-refractivity contribution in [3.63, 3.8) is 0 Å². The maximum atomic E-state index is 6.11. The predicted molar refractivity (Wildman–Crippen MR) is 96.5 cm³/mol. The lowest BCUT2D eigenvalue weighted by molar-refractivity contribution is 0.169. The fourth-order valence-corrected chi connectivity index (χ4v) is 2.82. The van der Waals surface area contributed by atoms with Crippen LogP contribution in [0.1, 0.15) is 5.89 Å². The summed E-state index contributed by atoms with van der Waals surface area (Å²) in [4.78, 5) is 8.43. The summed E-state index contributed by atoms with van der Waals surface area (Å²) in [6.07, 6.45) is -0.0119. The van der Waals surface area contributed by atoms with Gasteiger partial charge in [0.05, 0.1) is 5.02 Å². The maximum absolute atomic E-state index is 6.11. The zero-order valence-corrected chi connectivity index (χ0v) is 15.4. The van der Waals surface area contributed by atoms with Crippen molar-refractivity contribution in [2.24, 2.45) is 0 Å². The van der Waals surface area contributed by atoms with Crippen LogP contribution < -0.4 is 4.74 Å². The Morgan fingerprint density at radius 3 is 2.65 bits per heavy atom. The van der Waals surface area contributed by atoms with Crippen molar-refractivity contribution in [2.75, 3.05) is 0 Å². The summed E-state index contributed by atoms with van der Waals surface area (Å²) in [6.45, 7) is 0.00512. The van der Waals surface area contributed by atoms with Gasteiger partial charge in [0.25, 0.3) is 5.89 Å². The molecule has 0 unspecified atom stereocenters. The Hall–Kier alpha value is -2.71. The Morgan fingerprint density at radius 2 is 1.81 bits per heavy atom. The zero-order valence-electron chi connectivity index (χ0n) is 13.1. The number of nitrogens with zero attached hydrogens (tertiary/aromatic N) is 4. The zero-order chi connectivity index (χ0) is 17.9. The van der Waals surface area contributed by atoms with E-state index in [-0.39, 0.29) is 18.6 Å². The Labute approximate surface area is 161 Å². The molecule has 130 valence electrons. The van der Waals surface area contributed by atoms with Gasteiger partial charge in [-0.3, -0.25) is 4.52 Å². The number of rotatable bonds is 5. The summed E-state index contributed by atoms with van der Waals surface area (Å²) in [5.41, 5.74) is 1.48. The molecular weight excluding hydrogens is 424 g/mol. The summed E-state index contributed by atoms with van der Waals surface area (Å²) in [7, 11) is 0. The van der Waals surface area contributed by atoms with E-state index in [1.54, 1.807) is 12.1 Å². The molecule has 0 radical (unpaired) electrons. The van der Waals surface area contributed by atoms with Crippen LogP contribution >= 0.6 is 27.5 Å². The Morgan fingerprint density at radius 1 is 0.962 bits per heavy atom. The van der Waals surface area contributed by atoms with Crippen LogP contribution in [0.4, 0.5) is 0 Å². The predicted octanol–water partition coefficient (Wildman–Crippen LogP) is 4.78. The van der Waals surface area contributed by atoms with Gasteiger partial charge in [-0.25, -0.2) is 0 Å². The molecule has 0 N–H and O–H groups in total. The Balaban J connectivity index is 1.45. The third-order valence-electron chi connectivity index (χ3n) is 3.39. The first-order valence-corrected chi connectivity index (χ1v) is 8.66. The van der Waals surface area contributed by atoms with Crippen LogP contribution in [0, 0.1) is 0 Å². The van der Waals surface area contributed by atoms with E-state index in [1.807, 2.05) is 36.4 Å². The molecule has 0 bridgehead atoms. The SMILES string of the molecule is Clc1ccccc1-c1noc(OCc2nc(-c3cccc(Br)c3)no2)n1. The molecule has 0 spiro atoms. The van der Waals surface area contributed by atoms with Crippen LogP contribution in [-0.4, -0.2) is 20.3 Å². The van der Waals surface area contributed by atoms with Crippen LogP contribution in [0.25, 0.3) is 22.8 Å². The summed E-state index contributed by atoms with van der Waals surface area (Å²) in [5.74, 6) is 1.09. The molecule has 0 saturated heterocycles. The lowest BCUT2D eigenvalue weighted by Gasteiger charge is -1.96. The molecule has 0 aliphatic carbocycles. The molecule has 0 fully saturated rings. The average molecular weight is 434 g/mol. The average Bonchev–Trinajstić information content (AvgIpc) is 3.30. The smallest absolute Gasteiger partial charge is 0.418 e. The van der Waals surface area contributed by atoms with Gasteiger partial charge in [0, 0.05) is 15.6 Å². The third-order valence-corrected chi connectivity index (χ3v) is 4.22. The van der Waals surface area contributed by atoms with Gasteiger partial charge in [-0.05, 0) is 24.3 Å². The van der Waals surface area contributed by atoms with Gasteiger partial charge < -0.3 is 9.26 Å². The maximum Gasteiger partial charge on any atom is 0.418 e. The molecule has 0 saturated carbocycles. The molecule has 4 aromatic rings. The second-order valence-electron chi connectivity index (χ2n) is 5.17. The minimum atomic E-state index is -0.0119. The Kier molecular flexibility index (Phi) is 4.68. The third kappa shape index (κ3) is 3.61.